The fourth-order valence-corrected chi connectivity index (χ4v) is 2.21. The molecular weight excluding hydrogens is 177 g/mol. The highest BCUT2D eigenvalue weighted by atomic mass is 32.2. The molecule has 0 aliphatic rings. The second-order valence-electron chi connectivity index (χ2n) is 2.21. The van der Waals surface area contributed by atoms with Crippen molar-refractivity contribution in [1.29, 1.82) is 0 Å². The van der Waals surface area contributed by atoms with Crippen LogP contribution in [0.4, 0.5) is 0 Å². The minimum Gasteiger partial charge on any atom is -0.293 e. The highest BCUT2D eigenvalue weighted by Crippen LogP contribution is 2.13. The van der Waals surface area contributed by atoms with E-state index in [-0.39, 0.29) is 0 Å². The molecule has 1 N–H and O–H groups in total. The molecule has 0 radical (unpaired) electrons. The summed E-state index contributed by atoms with van der Waals surface area (Å²) < 4.78 is 3.07. The zero-order valence-corrected chi connectivity index (χ0v) is 8.96. The number of hydrogen-bond acceptors (Lipinski definition) is 3. The molecule has 66 valence electrons. The molecule has 0 heterocycles. The summed E-state index contributed by atoms with van der Waals surface area (Å²) in [4.78, 5) is 10.8. The maximum atomic E-state index is 10.8. The van der Waals surface area contributed by atoms with Crippen LogP contribution in [0.5, 0.6) is 0 Å². The Balaban J connectivity index is 2.95. The number of hydrogen-bond donors (Lipinski definition) is 1. The van der Waals surface area contributed by atoms with E-state index >= 15 is 0 Å². The van der Waals surface area contributed by atoms with Crippen LogP contribution in [-0.2, 0) is 4.79 Å². The van der Waals surface area contributed by atoms with Crippen LogP contribution < -0.4 is 4.49 Å². The molecule has 0 fully saturated rings. The van der Waals surface area contributed by atoms with E-state index < -0.39 is 0 Å². The van der Waals surface area contributed by atoms with Crippen molar-refractivity contribution in [2.45, 2.75) is 33.1 Å². The molecule has 1 atom stereocenters. The average molecular weight is 193 g/mol. The lowest BCUT2D eigenvalue weighted by Gasteiger charge is -2.00. The number of carbonyl (C=O) groups excluding carboxylic acids is 1. The zero-order chi connectivity index (χ0) is 8.53. The highest BCUT2D eigenvalue weighted by Gasteiger charge is 1.95. The third kappa shape index (κ3) is 8.32. The predicted octanol–water partition coefficient (Wildman–Crippen LogP) is 2.55. The van der Waals surface area contributed by atoms with Crippen LogP contribution in [0, 0.1) is 0 Å². The maximum Gasteiger partial charge on any atom is 0.166 e. The molecular formula is C7H16NOPS. The van der Waals surface area contributed by atoms with E-state index in [1.165, 1.54) is 12.8 Å². The van der Waals surface area contributed by atoms with E-state index in [9.17, 15) is 4.79 Å². The van der Waals surface area contributed by atoms with Crippen LogP contribution in [0.2, 0.25) is 0 Å². The Hall–Kier alpha value is 0.410. The van der Waals surface area contributed by atoms with Crippen LogP contribution in [0.1, 0.15) is 33.1 Å². The minimum absolute atomic E-state index is 0.291. The normalized spacial score (nSPS) is 11.1. The summed E-state index contributed by atoms with van der Waals surface area (Å²) in [5.74, 6) is 1.11. The van der Waals surface area contributed by atoms with Gasteiger partial charge >= 0.3 is 0 Å². The van der Waals surface area contributed by atoms with Gasteiger partial charge in [-0.25, -0.2) is 4.49 Å². The van der Waals surface area contributed by atoms with Crippen molar-refractivity contribution in [3.63, 3.8) is 0 Å². The maximum absolute atomic E-state index is 10.8. The van der Waals surface area contributed by atoms with Gasteiger partial charge in [0.1, 0.15) is 0 Å². The first-order valence-corrected chi connectivity index (χ1v) is 5.95. The summed E-state index contributed by atoms with van der Waals surface area (Å²) in [6.45, 7) is 4.06. The van der Waals surface area contributed by atoms with E-state index in [0.29, 0.717) is 20.7 Å². The van der Waals surface area contributed by atoms with Crippen LogP contribution in [0.15, 0.2) is 0 Å². The van der Waals surface area contributed by atoms with Crippen LogP contribution in [-0.4, -0.2) is 11.3 Å². The SMILES string of the molecule is CCCCSNPC(=O)CC. The third-order valence-corrected chi connectivity index (χ3v) is 3.29. The van der Waals surface area contributed by atoms with Crippen LogP contribution >= 0.6 is 20.7 Å². The van der Waals surface area contributed by atoms with Gasteiger partial charge in [-0.1, -0.05) is 32.2 Å². The Bertz CT molecular complexity index is 111. The summed E-state index contributed by atoms with van der Waals surface area (Å²) in [6.07, 6.45) is 3.10. The van der Waals surface area contributed by atoms with Crippen LogP contribution in [0.25, 0.3) is 0 Å². The van der Waals surface area contributed by atoms with Gasteiger partial charge in [-0.3, -0.25) is 4.79 Å². The molecule has 0 amide bonds. The molecule has 0 aliphatic carbocycles. The molecule has 0 spiro atoms. The second kappa shape index (κ2) is 8.51. The standard InChI is InChI=1S/C7H16NOPS/c1-3-5-6-11-8-10-7(9)4-2/h8,10H,3-6H2,1-2H3. The first-order valence-electron chi connectivity index (χ1n) is 3.96. The lowest BCUT2D eigenvalue weighted by Crippen LogP contribution is -1.95. The molecule has 0 bridgehead atoms. The summed E-state index contributed by atoms with van der Waals surface area (Å²) in [5.41, 5.74) is 0.314. The van der Waals surface area contributed by atoms with Gasteiger partial charge in [0.15, 0.2) is 5.52 Å². The smallest absolute Gasteiger partial charge is 0.166 e. The van der Waals surface area contributed by atoms with Crippen molar-refractivity contribution in [2.75, 3.05) is 5.75 Å². The van der Waals surface area contributed by atoms with E-state index in [1.54, 1.807) is 11.9 Å². The number of carbonyl (C=O) groups is 1. The van der Waals surface area contributed by atoms with Gasteiger partial charge in [0.05, 0.1) is 0 Å². The van der Waals surface area contributed by atoms with Crippen LogP contribution in [0.3, 0.4) is 0 Å². The van der Waals surface area contributed by atoms with Gasteiger partial charge in [-0.15, -0.1) is 0 Å². The fraction of sp³-hybridized carbons (Fsp3) is 0.857. The molecule has 4 heteroatoms. The summed E-state index contributed by atoms with van der Waals surface area (Å²) in [5, 5.41) is 0. The van der Waals surface area contributed by atoms with Crippen molar-refractivity contribution in [2.24, 2.45) is 0 Å². The molecule has 11 heavy (non-hydrogen) atoms. The molecule has 0 saturated carbocycles. The van der Waals surface area contributed by atoms with Gasteiger partial charge in [0.2, 0.25) is 0 Å². The fourth-order valence-electron chi connectivity index (χ4n) is 0.449. The van der Waals surface area contributed by atoms with Crippen molar-refractivity contribution < 1.29 is 4.79 Å². The van der Waals surface area contributed by atoms with E-state index in [0.717, 1.165) is 5.75 Å². The van der Waals surface area contributed by atoms with E-state index in [4.69, 9.17) is 0 Å². The molecule has 0 aliphatic heterocycles. The Morgan fingerprint density at radius 2 is 2.27 bits per heavy atom. The van der Waals surface area contributed by atoms with Crippen molar-refractivity contribution in [3.8, 4) is 0 Å². The number of rotatable bonds is 7. The van der Waals surface area contributed by atoms with Crippen molar-refractivity contribution in [1.82, 2.24) is 4.49 Å². The van der Waals surface area contributed by atoms with Crippen molar-refractivity contribution in [3.05, 3.63) is 0 Å². The number of nitrogens with one attached hydrogen (secondary N) is 1. The molecule has 0 saturated heterocycles. The summed E-state index contributed by atoms with van der Waals surface area (Å²) in [6, 6.07) is 0. The zero-order valence-electron chi connectivity index (χ0n) is 7.14. The molecule has 1 unspecified atom stereocenters. The Morgan fingerprint density at radius 1 is 1.55 bits per heavy atom. The summed E-state index contributed by atoms with van der Waals surface area (Å²) in [7, 11) is 0.291. The molecule has 0 aromatic heterocycles. The highest BCUT2D eigenvalue weighted by molar-refractivity contribution is 8.01. The van der Waals surface area contributed by atoms with E-state index in [2.05, 4.69) is 11.4 Å². The van der Waals surface area contributed by atoms with Gasteiger partial charge < -0.3 is 0 Å². The minimum atomic E-state index is 0.291. The number of unbranched alkanes of at least 4 members (excludes halogenated alkanes) is 1. The monoisotopic (exact) mass is 193 g/mol. The molecule has 2 nitrogen and oxygen atoms in total. The van der Waals surface area contributed by atoms with Gasteiger partial charge in [0, 0.05) is 20.9 Å². The summed E-state index contributed by atoms with van der Waals surface area (Å²) >= 11 is 1.66. The van der Waals surface area contributed by atoms with Gasteiger partial charge in [-0.2, -0.15) is 0 Å². The quantitative estimate of drug-likeness (QED) is 0.383. The Labute approximate surface area is 74.9 Å². The average Bonchev–Trinajstić information content (AvgIpc) is 2.04. The van der Waals surface area contributed by atoms with Crippen molar-refractivity contribution >= 4 is 26.2 Å². The topological polar surface area (TPSA) is 29.1 Å². The predicted molar refractivity (Wildman–Crippen MR) is 54.1 cm³/mol. The Morgan fingerprint density at radius 3 is 2.82 bits per heavy atom. The van der Waals surface area contributed by atoms with E-state index in [1.807, 2.05) is 6.92 Å². The molecule has 0 rings (SSSR count). The largest absolute Gasteiger partial charge is 0.293 e. The molecule has 0 aromatic carbocycles. The Kier molecular flexibility index (Phi) is 8.82. The lowest BCUT2D eigenvalue weighted by molar-refractivity contribution is -0.111. The first kappa shape index (κ1) is 11.4. The van der Waals surface area contributed by atoms with Gasteiger partial charge in [-0.05, 0) is 6.42 Å². The van der Waals surface area contributed by atoms with Gasteiger partial charge in [0.25, 0.3) is 0 Å². The lowest BCUT2D eigenvalue weighted by atomic mass is 10.4. The molecule has 0 aromatic rings. The first-order chi connectivity index (χ1) is 5.31. The second-order valence-corrected chi connectivity index (χ2v) is 4.53. The third-order valence-electron chi connectivity index (χ3n) is 1.18.